The van der Waals surface area contributed by atoms with Crippen LogP contribution in [0.4, 0.5) is 0 Å². The Morgan fingerprint density at radius 1 is 0.927 bits per heavy atom. The van der Waals surface area contributed by atoms with E-state index in [4.69, 9.17) is 14.2 Å². The van der Waals surface area contributed by atoms with Crippen LogP contribution in [0.3, 0.4) is 0 Å². The lowest BCUT2D eigenvalue weighted by Crippen LogP contribution is -2.68. The molecular formula is C41H56N2O12. The standard InChI is InChI=1S/C41H56N2O12/c1-40(2,3)54-35(49)18-14-9-7-5-4-6-8-11-15-28-19-21-29(22-20-28)23-33(47)42-25-32(46)37(50)38-36(43-34(48)26-44)31(45)24-41(55-38,39(51)52)53-27-30-16-12-10-13-17-30/h10,12-13,16-17,19-22,31-32,36-38,44-46,50H,4-9,14,18,23-27H2,1-3H3,(H,42,47)(H,43,48)(H,51,52)/t31-,32+,36+,37+,38+,41+/m0/s1. The highest BCUT2D eigenvalue weighted by atomic mass is 16.7. The summed E-state index contributed by atoms with van der Waals surface area (Å²) in [6.07, 6.45) is -0.491. The van der Waals surface area contributed by atoms with E-state index < -0.39 is 79.2 Å². The van der Waals surface area contributed by atoms with Crippen LogP contribution < -0.4 is 10.6 Å². The zero-order valence-electron chi connectivity index (χ0n) is 31.9. The van der Waals surface area contributed by atoms with Gasteiger partial charge in [0.25, 0.3) is 5.79 Å². The first-order valence-corrected chi connectivity index (χ1v) is 18.7. The van der Waals surface area contributed by atoms with E-state index in [0.29, 0.717) is 17.5 Å². The maximum Gasteiger partial charge on any atom is 0.364 e. The fourth-order valence-corrected chi connectivity index (χ4v) is 5.98. The quantitative estimate of drug-likeness (QED) is 0.0587. The number of carbonyl (C=O) groups is 4. The Morgan fingerprint density at radius 3 is 2.22 bits per heavy atom. The molecule has 6 atom stereocenters. The lowest BCUT2D eigenvalue weighted by molar-refractivity contribution is -0.314. The molecule has 1 saturated heterocycles. The highest BCUT2D eigenvalue weighted by Gasteiger charge is 2.56. The molecular weight excluding hydrogens is 712 g/mol. The van der Waals surface area contributed by atoms with Crippen LogP contribution in [-0.4, -0.2) is 104 Å². The number of amides is 2. The number of rotatable bonds is 20. The lowest BCUT2D eigenvalue weighted by Gasteiger charge is -2.46. The Balaban J connectivity index is 1.46. The molecule has 7 N–H and O–H groups in total. The molecule has 0 saturated carbocycles. The van der Waals surface area contributed by atoms with Crippen molar-refractivity contribution < 1.29 is 58.9 Å². The number of carboxylic acids is 1. The first kappa shape index (κ1) is 45.0. The van der Waals surface area contributed by atoms with Gasteiger partial charge in [-0.25, -0.2) is 4.79 Å². The number of nitrogens with one attached hydrogen (secondary N) is 2. The molecule has 0 spiro atoms. The fraction of sp³-hybridized carbons (Fsp3) is 0.561. The molecule has 0 bridgehead atoms. The Bertz CT molecular complexity index is 1580. The number of carboxylic acid groups (broad SMARTS) is 1. The molecule has 14 nitrogen and oxygen atoms in total. The number of unbranched alkanes of at least 4 members (excludes halogenated alkanes) is 6. The molecule has 3 rings (SSSR count). The molecule has 1 aliphatic heterocycles. The van der Waals surface area contributed by atoms with Crippen molar-refractivity contribution >= 4 is 23.8 Å². The Labute approximate surface area is 322 Å². The van der Waals surface area contributed by atoms with Gasteiger partial charge in [-0.3, -0.25) is 14.4 Å². The van der Waals surface area contributed by atoms with Crippen LogP contribution in [0.25, 0.3) is 0 Å². The first-order valence-electron chi connectivity index (χ1n) is 18.7. The number of hydrogen-bond donors (Lipinski definition) is 7. The lowest BCUT2D eigenvalue weighted by atomic mass is 9.88. The number of ether oxygens (including phenoxy) is 3. The Kier molecular flexibility index (Phi) is 18.2. The van der Waals surface area contributed by atoms with E-state index in [1.54, 1.807) is 54.6 Å². The molecule has 0 radical (unpaired) electrons. The van der Waals surface area contributed by atoms with Gasteiger partial charge >= 0.3 is 11.9 Å². The van der Waals surface area contributed by atoms with Gasteiger partial charge in [0.1, 0.15) is 24.4 Å². The van der Waals surface area contributed by atoms with Crippen molar-refractivity contribution in [3.63, 3.8) is 0 Å². The molecule has 0 aliphatic carbocycles. The average molecular weight is 769 g/mol. The number of aliphatic carboxylic acids is 1. The number of aliphatic hydroxyl groups excluding tert-OH is 4. The highest BCUT2D eigenvalue weighted by molar-refractivity contribution is 5.79. The molecule has 302 valence electrons. The third-order valence-corrected chi connectivity index (χ3v) is 8.83. The van der Waals surface area contributed by atoms with Crippen molar-refractivity contribution in [3.05, 3.63) is 71.3 Å². The van der Waals surface area contributed by atoms with Crippen LogP contribution in [0.2, 0.25) is 0 Å². The van der Waals surface area contributed by atoms with Gasteiger partial charge < -0.3 is 50.4 Å². The summed E-state index contributed by atoms with van der Waals surface area (Å²) in [5, 5.41) is 57.1. The molecule has 14 heteroatoms. The molecule has 2 amide bonds. The number of aliphatic hydroxyl groups is 4. The largest absolute Gasteiger partial charge is 0.477 e. The normalized spacial score (nSPS) is 20.7. The second kappa shape index (κ2) is 22.3. The van der Waals surface area contributed by atoms with E-state index in [1.165, 1.54) is 0 Å². The summed E-state index contributed by atoms with van der Waals surface area (Å²) in [4.78, 5) is 49.0. The molecule has 2 aromatic rings. The summed E-state index contributed by atoms with van der Waals surface area (Å²) < 4.78 is 16.7. The van der Waals surface area contributed by atoms with Crippen LogP contribution in [-0.2, 0) is 46.4 Å². The first-order chi connectivity index (χ1) is 26.1. The number of carbonyl (C=O) groups excluding carboxylic acids is 3. The van der Waals surface area contributed by atoms with Gasteiger partial charge in [0.15, 0.2) is 0 Å². The molecule has 1 heterocycles. The molecule has 0 unspecified atom stereocenters. The topological polar surface area (TPSA) is 221 Å². The van der Waals surface area contributed by atoms with Crippen LogP contribution >= 0.6 is 0 Å². The van der Waals surface area contributed by atoms with Crippen LogP contribution in [0.5, 0.6) is 0 Å². The maximum atomic E-state index is 12.7. The molecule has 55 heavy (non-hydrogen) atoms. The monoisotopic (exact) mass is 768 g/mol. The summed E-state index contributed by atoms with van der Waals surface area (Å²) in [7, 11) is 0. The number of benzene rings is 2. The second-order valence-corrected chi connectivity index (χ2v) is 14.7. The van der Waals surface area contributed by atoms with Crippen molar-refractivity contribution in [1.29, 1.82) is 0 Å². The number of hydrogen-bond acceptors (Lipinski definition) is 11. The van der Waals surface area contributed by atoms with Gasteiger partial charge in [0.05, 0.1) is 31.3 Å². The smallest absolute Gasteiger partial charge is 0.364 e. The summed E-state index contributed by atoms with van der Waals surface area (Å²) in [5.41, 5.74) is 1.63. The van der Waals surface area contributed by atoms with Crippen molar-refractivity contribution in [2.45, 2.75) is 133 Å². The van der Waals surface area contributed by atoms with Crippen LogP contribution in [0.15, 0.2) is 54.6 Å². The van der Waals surface area contributed by atoms with Gasteiger partial charge in [-0.05, 0) is 56.9 Å². The van der Waals surface area contributed by atoms with Crippen molar-refractivity contribution in [2.75, 3.05) is 13.2 Å². The summed E-state index contributed by atoms with van der Waals surface area (Å²) >= 11 is 0. The summed E-state index contributed by atoms with van der Waals surface area (Å²) in [6, 6.07) is 14.3. The van der Waals surface area contributed by atoms with Crippen LogP contribution in [0, 0.1) is 11.8 Å². The van der Waals surface area contributed by atoms with E-state index in [0.717, 1.165) is 50.5 Å². The number of esters is 1. The summed E-state index contributed by atoms with van der Waals surface area (Å²) in [6.45, 7) is 3.93. The van der Waals surface area contributed by atoms with E-state index in [1.807, 2.05) is 20.8 Å². The van der Waals surface area contributed by atoms with Gasteiger partial charge in [-0.2, -0.15) is 0 Å². The minimum Gasteiger partial charge on any atom is -0.477 e. The van der Waals surface area contributed by atoms with E-state index in [9.17, 15) is 44.7 Å². The Morgan fingerprint density at radius 2 is 1.58 bits per heavy atom. The minimum atomic E-state index is -2.46. The van der Waals surface area contributed by atoms with E-state index >= 15 is 0 Å². The predicted molar refractivity (Wildman–Crippen MR) is 201 cm³/mol. The molecule has 1 aliphatic rings. The second-order valence-electron chi connectivity index (χ2n) is 14.7. The Hall–Kier alpha value is -4.36. The minimum absolute atomic E-state index is 0.0441. The van der Waals surface area contributed by atoms with Crippen LogP contribution in [0.1, 0.15) is 95.2 Å². The molecule has 2 aromatic carbocycles. The fourth-order valence-electron chi connectivity index (χ4n) is 5.98. The van der Waals surface area contributed by atoms with Crippen molar-refractivity contribution in [1.82, 2.24) is 10.6 Å². The third kappa shape index (κ3) is 15.7. The van der Waals surface area contributed by atoms with Gasteiger partial charge in [0, 0.05) is 31.4 Å². The highest BCUT2D eigenvalue weighted by Crippen LogP contribution is 2.34. The van der Waals surface area contributed by atoms with E-state index in [-0.39, 0.29) is 19.0 Å². The zero-order chi connectivity index (χ0) is 40.4. The predicted octanol–water partition coefficient (Wildman–Crippen LogP) is 2.51. The SMILES string of the molecule is CC(C)(C)OC(=O)CCCCCCCCC#Cc1ccc(CC(=O)NC[C@@H](O)[C@@H](O)[C@@H]2O[C@@](OCc3ccccc3)(C(=O)O)C[C@H](O)[C@H]2NC(=O)CO)cc1. The van der Waals surface area contributed by atoms with Gasteiger partial charge in [-0.15, -0.1) is 0 Å². The summed E-state index contributed by atoms with van der Waals surface area (Å²) in [5.74, 6) is 0.660. The third-order valence-electron chi connectivity index (χ3n) is 8.83. The maximum absolute atomic E-state index is 12.7. The average Bonchev–Trinajstić information content (AvgIpc) is 3.14. The zero-order valence-corrected chi connectivity index (χ0v) is 31.9. The van der Waals surface area contributed by atoms with Crippen molar-refractivity contribution in [3.8, 4) is 11.8 Å². The van der Waals surface area contributed by atoms with Gasteiger partial charge in [-0.1, -0.05) is 80.0 Å². The molecule has 1 fully saturated rings. The van der Waals surface area contributed by atoms with E-state index in [2.05, 4.69) is 22.5 Å². The van der Waals surface area contributed by atoms with Crippen molar-refractivity contribution in [2.24, 2.45) is 0 Å². The van der Waals surface area contributed by atoms with Gasteiger partial charge in [0.2, 0.25) is 11.8 Å². The molecule has 0 aromatic heterocycles.